The van der Waals surface area contributed by atoms with Gasteiger partial charge >= 0.3 is 0 Å². The Morgan fingerprint density at radius 1 is 1.54 bits per heavy atom. The Morgan fingerprint density at radius 2 is 2.31 bits per heavy atom. The molecule has 0 bridgehead atoms. The smallest absolute Gasteiger partial charge is 0.188 e. The van der Waals surface area contributed by atoms with Crippen molar-refractivity contribution in [2.24, 2.45) is 10.7 Å². The van der Waals surface area contributed by atoms with Gasteiger partial charge in [0.05, 0.1) is 0 Å². The molecule has 0 saturated heterocycles. The van der Waals surface area contributed by atoms with E-state index in [1.807, 2.05) is 0 Å². The van der Waals surface area contributed by atoms with E-state index in [9.17, 15) is 0 Å². The molecule has 1 saturated carbocycles. The van der Waals surface area contributed by atoms with Crippen LogP contribution in [0.25, 0.3) is 0 Å². The highest BCUT2D eigenvalue weighted by atomic mass is 15.1. The lowest BCUT2D eigenvalue weighted by Crippen LogP contribution is -2.33. The van der Waals surface area contributed by atoms with Crippen molar-refractivity contribution in [3.63, 3.8) is 0 Å². The Bertz CT molecular complexity index is 211. The fourth-order valence-corrected chi connectivity index (χ4v) is 1.02. The number of hydrogen-bond acceptors (Lipinski definition) is 1. The highest BCUT2D eigenvalue weighted by molar-refractivity contribution is 5.78. The van der Waals surface area contributed by atoms with Crippen molar-refractivity contribution in [3.05, 3.63) is 0 Å². The highest BCUT2D eigenvalue weighted by Gasteiger charge is 2.21. The Hall–Kier alpha value is -1.17. The summed E-state index contributed by atoms with van der Waals surface area (Å²) in [5.41, 5.74) is 5.63. The van der Waals surface area contributed by atoms with Gasteiger partial charge in [0.1, 0.15) is 0 Å². The number of nitrogens with one attached hydrogen (secondary N) is 1. The summed E-state index contributed by atoms with van der Waals surface area (Å²) in [7, 11) is 0. The summed E-state index contributed by atoms with van der Waals surface area (Å²) in [6, 6.07) is 0.592. The maximum atomic E-state index is 5.63. The number of terminal acetylenes is 1. The van der Waals surface area contributed by atoms with Crippen molar-refractivity contribution in [1.29, 1.82) is 0 Å². The molecule has 1 fully saturated rings. The van der Waals surface area contributed by atoms with E-state index in [2.05, 4.69) is 16.2 Å². The van der Waals surface area contributed by atoms with Crippen molar-refractivity contribution in [3.8, 4) is 12.3 Å². The monoisotopic (exact) mass is 179 g/mol. The first-order valence-electron chi connectivity index (χ1n) is 4.83. The lowest BCUT2D eigenvalue weighted by molar-refractivity contribution is 0.760. The summed E-state index contributed by atoms with van der Waals surface area (Å²) in [6.07, 6.45) is 10.5. The molecule has 1 aliphatic rings. The normalized spacial score (nSPS) is 16.7. The average molecular weight is 179 g/mol. The van der Waals surface area contributed by atoms with Crippen LogP contribution in [0.3, 0.4) is 0 Å². The van der Waals surface area contributed by atoms with Crippen LogP contribution in [0.4, 0.5) is 0 Å². The average Bonchev–Trinajstić information content (AvgIpc) is 2.88. The predicted molar refractivity (Wildman–Crippen MR) is 55.3 cm³/mol. The summed E-state index contributed by atoms with van der Waals surface area (Å²) in [6.45, 7) is 0.785. The van der Waals surface area contributed by atoms with Gasteiger partial charge in [-0.05, 0) is 25.7 Å². The Balaban J connectivity index is 1.98. The first-order chi connectivity index (χ1) is 6.33. The van der Waals surface area contributed by atoms with E-state index in [1.54, 1.807) is 0 Å². The minimum absolute atomic E-state index is 0.586. The number of nitrogens with two attached hydrogens (primary N) is 1. The Labute approximate surface area is 79.8 Å². The van der Waals surface area contributed by atoms with Crippen LogP contribution in [-0.2, 0) is 0 Å². The van der Waals surface area contributed by atoms with Gasteiger partial charge in [0.2, 0.25) is 0 Å². The number of unbranched alkanes of at least 4 members (excludes halogenated alkanes) is 2. The van der Waals surface area contributed by atoms with Crippen molar-refractivity contribution in [2.75, 3.05) is 6.54 Å². The molecule has 0 aliphatic heterocycles. The summed E-state index contributed by atoms with van der Waals surface area (Å²) in [5, 5.41) is 3.13. The molecule has 1 rings (SSSR count). The lowest BCUT2D eigenvalue weighted by Gasteiger charge is -2.01. The zero-order chi connectivity index (χ0) is 9.52. The number of nitrogens with zero attached hydrogens (tertiary/aromatic N) is 1. The molecule has 0 aromatic carbocycles. The van der Waals surface area contributed by atoms with Crippen molar-refractivity contribution in [1.82, 2.24) is 5.32 Å². The molecule has 0 amide bonds. The quantitative estimate of drug-likeness (QED) is 0.284. The van der Waals surface area contributed by atoms with Crippen LogP contribution in [0.5, 0.6) is 0 Å². The van der Waals surface area contributed by atoms with Gasteiger partial charge in [0, 0.05) is 19.0 Å². The van der Waals surface area contributed by atoms with Crippen molar-refractivity contribution in [2.45, 2.75) is 38.1 Å². The van der Waals surface area contributed by atoms with E-state index < -0.39 is 0 Å². The van der Waals surface area contributed by atoms with E-state index in [-0.39, 0.29) is 0 Å². The van der Waals surface area contributed by atoms with E-state index >= 15 is 0 Å². The van der Waals surface area contributed by atoms with Gasteiger partial charge in [0.25, 0.3) is 0 Å². The first kappa shape index (κ1) is 9.91. The molecular weight excluding hydrogens is 162 g/mol. The fourth-order valence-electron chi connectivity index (χ4n) is 1.02. The second kappa shape index (κ2) is 5.47. The molecule has 1 aliphatic carbocycles. The maximum absolute atomic E-state index is 5.63. The molecule has 0 aromatic rings. The predicted octanol–water partition coefficient (Wildman–Crippen LogP) is 0.857. The first-order valence-corrected chi connectivity index (χ1v) is 4.83. The molecule has 0 heterocycles. The van der Waals surface area contributed by atoms with Crippen LogP contribution in [0.1, 0.15) is 32.1 Å². The van der Waals surface area contributed by atoms with E-state index in [0.29, 0.717) is 12.0 Å². The van der Waals surface area contributed by atoms with Crippen LogP contribution < -0.4 is 11.1 Å². The molecule has 0 aromatic heterocycles. The molecule has 13 heavy (non-hydrogen) atoms. The number of rotatable bonds is 5. The molecule has 3 N–H and O–H groups in total. The molecule has 0 unspecified atom stereocenters. The van der Waals surface area contributed by atoms with Crippen LogP contribution in [0.15, 0.2) is 4.99 Å². The molecule has 0 spiro atoms. The van der Waals surface area contributed by atoms with Gasteiger partial charge in [0.15, 0.2) is 5.96 Å². The molecule has 3 heteroatoms. The van der Waals surface area contributed by atoms with Crippen molar-refractivity contribution >= 4 is 5.96 Å². The molecule has 72 valence electrons. The van der Waals surface area contributed by atoms with Crippen molar-refractivity contribution < 1.29 is 0 Å². The highest BCUT2D eigenvalue weighted by Crippen LogP contribution is 2.17. The maximum Gasteiger partial charge on any atom is 0.188 e. The molecule has 0 atom stereocenters. The number of guanidine groups is 1. The summed E-state index contributed by atoms with van der Waals surface area (Å²) < 4.78 is 0. The largest absolute Gasteiger partial charge is 0.370 e. The minimum atomic E-state index is 0.586. The molecular formula is C10H17N3. The topological polar surface area (TPSA) is 50.4 Å². The van der Waals surface area contributed by atoms with E-state index in [0.717, 1.165) is 25.8 Å². The van der Waals surface area contributed by atoms with Crippen LogP contribution in [0, 0.1) is 12.3 Å². The second-order valence-corrected chi connectivity index (χ2v) is 3.35. The SMILES string of the molecule is C#CCCCCN=C(N)NC1CC1. The van der Waals surface area contributed by atoms with Gasteiger partial charge in [-0.15, -0.1) is 12.3 Å². The van der Waals surface area contributed by atoms with E-state index in [4.69, 9.17) is 12.2 Å². The van der Waals surface area contributed by atoms with Gasteiger partial charge < -0.3 is 11.1 Å². The van der Waals surface area contributed by atoms with Gasteiger partial charge in [-0.3, -0.25) is 4.99 Å². The third kappa shape index (κ3) is 5.13. The summed E-state index contributed by atoms with van der Waals surface area (Å²) in [5.74, 6) is 3.19. The number of aliphatic imine (C=N–C) groups is 1. The second-order valence-electron chi connectivity index (χ2n) is 3.35. The lowest BCUT2D eigenvalue weighted by atomic mass is 10.2. The zero-order valence-corrected chi connectivity index (χ0v) is 7.92. The van der Waals surface area contributed by atoms with Crippen LogP contribution in [0.2, 0.25) is 0 Å². The summed E-state index contributed by atoms with van der Waals surface area (Å²) >= 11 is 0. The third-order valence-electron chi connectivity index (χ3n) is 1.94. The third-order valence-corrected chi connectivity index (χ3v) is 1.94. The Kier molecular flexibility index (Phi) is 4.17. The van der Waals surface area contributed by atoms with Gasteiger partial charge in [-0.25, -0.2) is 0 Å². The fraction of sp³-hybridized carbons (Fsp3) is 0.700. The van der Waals surface area contributed by atoms with E-state index in [1.165, 1.54) is 12.8 Å². The van der Waals surface area contributed by atoms with Crippen LogP contribution >= 0.6 is 0 Å². The van der Waals surface area contributed by atoms with Gasteiger partial charge in [-0.1, -0.05) is 0 Å². The summed E-state index contributed by atoms with van der Waals surface area (Å²) in [4.78, 5) is 4.19. The Morgan fingerprint density at radius 3 is 2.92 bits per heavy atom. The van der Waals surface area contributed by atoms with Gasteiger partial charge in [-0.2, -0.15) is 0 Å². The van der Waals surface area contributed by atoms with Crippen LogP contribution in [-0.4, -0.2) is 18.5 Å². The standard InChI is InChI=1S/C10H17N3/c1-2-3-4-5-8-12-10(11)13-9-6-7-9/h1,9H,3-8H2,(H3,11,12,13). The molecule has 3 nitrogen and oxygen atoms in total. The zero-order valence-electron chi connectivity index (χ0n) is 7.92. The molecule has 0 radical (unpaired) electrons. The minimum Gasteiger partial charge on any atom is -0.370 e. The number of hydrogen-bond donors (Lipinski definition) is 2.